The maximum atomic E-state index is 11.4. The molecule has 0 atom stereocenters. The van der Waals surface area contributed by atoms with Gasteiger partial charge >= 0.3 is 5.97 Å². The van der Waals surface area contributed by atoms with Gasteiger partial charge in [0.05, 0.1) is 5.56 Å². The van der Waals surface area contributed by atoms with Crippen molar-refractivity contribution >= 4 is 5.97 Å². The number of carbonyl (C=O) groups is 1. The van der Waals surface area contributed by atoms with Crippen molar-refractivity contribution in [2.24, 2.45) is 0 Å². The van der Waals surface area contributed by atoms with Crippen LogP contribution in [0.3, 0.4) is 0 Å². The molecule has 15 heavy (non-hydrogen) atoms. The first-order valence-corrected chi connectivity index (χ1v) is 5.21. The Morgan fingerprint density at radius 2 is 2.00 bits per heavy atom. The second-order valence-corrected chi connectivity index (χ2v) is 3.22. The van der Waals surface area contributed by atoms with Crippen molar-refractivity contribution in [2.45, 2.75) is 19.8 Å². The van der Waals surface area contributed by atoms with Crippen LogP contribution in [0.4, 0.5) is 0 Å². The monoisotopic (exact) mass is 204 g/mol. The molecule has 1 aromatic rings. The van der Waals surface area contributed by atoms with E-state index in [2.05, 4.69) is 6.92 Å². The molecular formula is C13H16O2. The average molecular weight is 204 g/mol. The highest BCUT2D eigenvalue weighted by Gasteiger charge is 2.03. The van der Waals surface area contributed by atoms with E-state index in [-0.39, 0.29) is 5.97 Å². The first kappa shape index (κ1) is 11.5. The number of carbonyl (C=O) groups excluding carboxylic acids is 1. The second-order valence-electron chi connectivity index (χ2n) is 3.22. The standard InChI is InChI=1S/C13H16O2/c1-2-3-4-8-11-15-13(14)12-9-6-5-7-10-12/h4-10H,2-3,11H2,1H3. The normalized spacial score (nSPS) is 10.5. The fraction of sp³-hybridized carbons (Fsp3) is 0.308. The summed E-state index contributed by atoms with van der Waals surface area (Å²) in [7, 11) is 0. The van der Waals surface area contributed by atoms with Crippen molar-refractivity contribution in [3.05, 3.63) is 48.0 Å². The van der Waals surface area contributed by atoms with Gasteiger partial charge in [0, 0.05) is 0 Å². The van der Waals surface area contributed by atoms with E-state index in [0.29, 0.717) is 12.2 Å². The molecular weight excluding hydrogens is 188 g/mol. The molecule has 0 fully saturated rings. The van der Waals surface area contributed by atoms with Gasteiger partial charge in [-0.1, -0.05) is 43.7 Å². The van der Waals surface area contributed by atoms with Gasteiger partial charge in [0.25, 0.3) is 0 Å². The number of benzene rings is 1. The Labute approximate surface area is 90.6 Å². The Morgan fingerprint density at radius 3 is 2.67 bits per heavy atom. The maximum absolute atomic E-state index is 11.4. The zero-order chi connectivity index (χ0) is 10.9. The van der Waals surface area contributed by atoms with Gasteiger partial charge < -0.3 is 4.74 Å². The summed E-state index contributed by atoms with van der Waals surface area (Å²) >= 11 is 0. The molecule has 0 saturated heterocycles. The van der Waals surface area contributed by atoms with Gasteiger partial charge in [0.1, 0.15) is 6.61 Å². The topological polar surface area (TPSA) is 26.3 Å². The number of unbranched alkanes of at least 4 members (excludes halogenated alkanes) is 1. The molecule has 0 aromatic heterocycles. The van der Waals surface area contributed by atoms with Crippen molar-refractivity contribution in [3.63, 3.8) is 0 Å². The zero-order valence-corrected chi connectivity index (χ0v) is 8.98. The molecule has 0 saturated carbocycles. The number of esters is 1. The Balaban J connectivity index is 2.31. The Bertz CT molecular complexity index is 315. The summed E-state index contributed by atoms with van der Waals surface area (Å²) in [5.74, 6) is -0.267. The number of hydrogen-bond acceptors (Lipinski definition) is 2. The summed E-state index contributed by atoms with van der Waals surface area (Å²) in [4.78, 5) is 11.4. The van der Waals surface area contributed by atoms with E-state index in [1.807, 2.05) is 30.4 Å². The van der Waals surface area contributed by atoms with Gasteiger partial charge in [-0.15, -0.1) is 0 Å². The van der Waals surface area contributed by atoms with Crippen molar-refractivity contribution in [3.8, 4) is 0 Å². The molecule has 0 aliphatic rings. The lowest BCUT2D eigenvalue weighted by Gasteiger charge is -2.00. The molecule has 0 amide bonds. The minimum absolute atomic E-state index is 0.267. The first-order valence-electron chi connectivity index (χ1n) is 5.21. The highest BCUT2D eigenvalue weighted by Crippen LogP contribution is 2.00. The lowest BCUT2D eigenvalue weighted by atomic mass is 10.2. The average Bonchev–Trinajstić information content (AvgIpc) is 2.30. The third-order valence-corrected chi connectivity index (χ3v) is 1.94. The van der Waals surface area contributed by atoms with Crippen molar-refractivity contribution < 1.29 is 9.53 Å². The van der Waals surface area contributed by atoms with Gasteiger partial charge in [-0.3, -0.25) is 0 Å². The van der Waals surface area contributed by atoms with E-state index in [1.165, 1.54) is 0 Å². The van der Waals surface area contributed by atoms with Gasteiger partial charge in [-0.25, -0.2) is 4.79 Å². The molecule has 0 spiro atoms. The number of ether oxygens (including phenoxy) is 1. The third kappa shape index (κ3) is 4.45. The van der Waals surface area contributed by atoms with Crippen LogP contribution in [-0.2, 0) is 4.74 Å². The molecule has 0 heterocycles. The van der Waals surface area contributed by atoms with Crippen LogP contribution in [0, 0.1) is 0 Å². The Hall–Kier alpha value is -1.57. The second kappa shape index (κ2) is 6.82. The number of hydrogen-bond donors (Lipinski definition) is 0. The lowest BCUT2D eigenvalue weighted by Crippen LogP contribution is -2.04. The van der Waals surface area contributed by atoms with Crippen LogP contribution in [0.1, 0.15) is 30.1 Å². The maximum Gasteiger partial charge on any atom is 0.338 e. The summed E-state index contributed by atoms with van der Waals surface area (Å²) in [5.41, 5.74) is 0.599. The van der Waals surface area contributed by atoms with E-state index < -0.39 is 0 Å². The summed E-state index contributed by atoms with van der Waals surface area (Å²) in [6, 6.07) is 9.02. The van der Waals surface area contributed by atoms with Gasteiger partial charge in [0.15, 0.2) is 0 Å². The molecule has 0 bridgehead atoms. The van der Waals surface area contributed by atoms with Gasteiger partial charge in [-0.2, -0.15) is 0 Å². The summed E-state index contributed by atoms with van der Waals surface area (Å²) in [6.45, 7) is 2.47. The summed E-state index contributed by atoms with van der Waals surface area (Å²) in [5, 5.41) is 0. The first-order chi connectivity index (χ1) is 7.34. The van der Waals surface area contributed by atoms with Crippen LogP contribution in [0.15, 0.2) is 42.5 Å². The molecule has 0 aliphatic heterocycles. The van der Waals surface area contributed by atoms with Crippen molar-refractivity contribution in [1.82, 2.24) is 0 Å². The van der Waals surface area contributed by atoms with Crippen LogP contribution in [0.25, 0.3) is 0 Å². The number of allylic oxidation sites excluding steroid dienone is 1. The van der Waals surface area contributed by atoms with E-state index in [1.54, 1.807) is 12.1 Å². The third-order valence-electron chi connectivity index (χ3n) is 1.94. The van der Waals surface area contributed by atoms with Crippen molar-refractivity contribution in [2.75, 3.05) is 6.61 Å². The summed E-state index contributed by atoms with van der Waals surface area (Å²) in [6.07, 6.45) is 6.05. The van der Waals surface area contributed by atoms with Crippen LogP contribution in [-0.4, -0.2) is 12.6 Å². The highest BCUT2D eigenvalue weighted by atomic mass is 16.5. The van der Waals surface area contributed by atoms with Gasteiger partial charge in [0.2, 0.25) is 0 Å². The molecule has 0 N–H and O–H groups in total. The molecule has 2 nitrogen and oxygen atoms in total. The molecule has 1 rings (SSSR count). The smallest absolute Gasteiger partial charge is 0.338 e. The zero-order valence-electron chi connectivity index (χ0n) is 8.98. The number of rotatable bonds is 5. The van der Waals surface area contributed by atoms with Crippen molar-refractivity contribution in [1.29, 1.82) is 0 Å². The lowest BCUT2D eigenvalue weighted by molar-refractivity contribution is 0.0549. The largest absolute Gasteiger partial charge is 0.458 e. The van der Waals surface area contributed by atoms with Gasteiger partial charge in [-0.05, 0) is 18.6 Å². The van der Waals surface area contributed by atoms with Crippen LogP contribution < -0.4 is 0 Å². The molecule has 0 aliphatic carbocycles. The van der Waals surface area contributed by atoms with Crippen LogP contribution in [0.2, 0.25) is 0 Å². The Kier molecular flexibility index (Phi) is 5.23. The highest BCUT2D eigenvalue weighted by molar-refractivity contribution is 5.89. The van der Waals surface area contributed by atoms with E-state index in [4.69, 9.17) is 4.74 Å². The molecule has 0 radical (unpaired) electrons. The SMILES string of the molecule is CCCC=CCOC(=O)c1ccccc1. The molecule has 0 unspecified atom stereocenters. The summed E-state index contributed by atoms with van der Waals surface area (Å²) < 4.78 is 5.05. The Morgan fingerprint density at radius 1 is 1.27 bits per heavy atom. The predicted molar refractivity (Wildman–Crippen MR) is 60.8 cm³/mol. The molecule has 1 aromatic carbocycles. The van der Waals surface area contributed by atoms with Crippen LogP contribution in [0.5, 0.6) is 0 Å². The minimum atomic E-state index is -0.267. The van der Waals surface area contributed by atoms with E-state index in [0.717, 1.165) is 12.8 Å². The van der Waals surface area contributed by atoms with Crippen LogP contribution >= 0.6 is 0 Å². The van der Waals surface area contributed by atoms with E-state index >= 15 is 0 Å². The quantitative estimate of drug-likeness (QED) is 0.544. The van der Waals surface area contributed by atoms with E-state index in [9.17, 15) is 4.79 Å². The minimum Gasteiger partial charge on any atom is -0.458 e. The predicted octanol–water partition coefficient (Wildman–Crippen LogP) is 3.20. The molecule has 2 heteroatoms. The fourth-order valence-electron chi connectivity index (χ4n) is 1.13. The molecule has 80 valence electrons. The fourth-order valence-corrected chi connectivity index (χ4v) is 1.13.